The van der Waals surface area contributed by atoms with Crippen molar-refractivity contribution < 1.29 is 0 Å². The molecule has 0 fully saturated rings. The van der Waals surface area contributed by atoms with Crippen LogP contribution in [0.3, 0.4) is 0 Å². The lowest BCUT2D eigenvalue weighted by atomic mass is 9.64. The molecule has 1 nitrogen and oxygen atoms in total. The number of benzene rings is 6. The van der Waals surface area contributed by atoms with Crippen LogP contribution >= 0.6 is 0 Å². The molecule has 12 rings (SSSR count). The molecule has 0 aromatic heterocycles. The van der Waals surface area contributed by atoms with Gasteiger partial charge in [-0.25, -0.2) is 0 Å². The molecule has 3 atom stereocenters. The number of anilines is 1. The fraction of sp³-hybridized carbons (Fsp3) is 0.148. The summed E-state index contributed by atoms with van der Waals surface area (Å²) in [6, 6.07) is 47.7. The summed E-state index contributed by atoms with van der Waals surface area (Å²) in [6.07, 6.45) is 23.2. The largest absolute Gasteiger partial charge is 0.334 e. The number of nitrogens with zero attached hydrogens (tertiary/aromatic N) is 1. The van der Waals surface area contributed by atoms with Crippen molar-refractivity contribution in [2.75, 3.05) is 4.90 Å². The Balaban J connectivity index is 1.09. The van der Waals surface area contributed by atoms with E-state index < -0.39 is 0 Å². The molecule has 6 aliphatic rings. The highest BCUT2D eigenvalue weighted by Gasteiger charge is 2.45. The lowest BCUT2D eigenvalue weighted by Crippen LogP contribution is -2.39. The second kappa shape index (κ2) is 12.2. The maximum atomic E-state index is 2.64. The van der Waals surface area contributed by atoms with E-state index in [-0.39, 0.29) is 12.0 Å². The lowest BCUT2D eigenvalue weighted by Gasteiger charge is -2.44. The van der Waals surface area contributed by atoms with Crippen LogP contribution in [0.15, 0.2) is 187 Å². The zero-order chi connectivity index (χ0) is 36.0. The van der Waals surface area contributed by atoms with E-state index in [0.29, 0.717) is 5.92 Å². The molecule has 0 N–H and O–H groups in total. The maximum absolute atomic E-state index is 2.64. The SMILES string of the molecule is C1=CC2C3=CCC4c5c(ccc(c53)C3=C2C(=C1)C(N(C1=CCCCC1)c1ccccc1)C=C3)-c1c4c(-c2ccccc2)c2ccccc2c1-c1ccccc1. The number of hydrogen-bond donors (Lipinski definition) is 0. The first kappa shape index (κ1) is 31.2. The number of para-hydroxylation sites is 1. The summed E-state index contributed by atoms with van der Waals surface area (Å²) >= 11 is 0. The van der Waals surface area contributed by atoms with Gasteiger partial charge in [-0.3, -0.25) is 0 Å². The van der Waals surface area contributed by atoms with Crippen LogP contribution in [0.4, 0.5) is 5.69 Å². The van der Waals surface area contributed by atoms with Gasteiger partial charge in [0.1, 0.15) is 0 Å². The molecular formula is C54H41N. The van der Waals surface area contributed by atoms with Crippen molar-refractivity contribution in [2.45, 2.75) is 44.1 Å². The molecule has 6 aliphatic carbocycles. The average Bonchev–Trinajstić information content (AvgIpc) is 3.59. The Morgan fingerprint density at radius 2 is 1.24 bits per heavy atom. The van der Waals surface area contributed by atoms with E-state index in [0.717, 1.165) is 19.3 Å². The van der Waals surface area contributed by atoms with Gasteiger partial charge >= 0.3 is 0 Å². The molecule has 3 unspecified atom stereocenters. The molecule has 0 amide bonds. The quantitative estimate of drug-likeness (QED) is 0.173. The van der Waals surface area contributed by atoms with Crippen molar-refractivity contribution in [3.8, 4) is 33.4 Å². The molecule has 0 bridgehead atoms. The van der Waals surface area contributed by atoms with E-state index >= 15 is 0 Å². The number of rotatable bonds is 5. The first-order valence-electron chi connectivity index (χ1n) is 20.3. The second-order valence-electron chi connectivity index (χ2n) is 16.0. The third-order valence-electron chi connectivity index (χ3n) is 13.2. The monoisotopic (exact) mass is 703 g/mol. The second-order valence-corrected chi connectivity index (χ2v) is 16.0. The number of allylic oxidation sites excluding steroid dienone is 9. The van der Waals surface area contributed by atoms with E-state index in [9.17, 15) is 0 Å². The Hall–Kier alpha value is -6.18. The minimum absolute atomic E-state index is 0.157. The molecular weight excluding hydrogens is 663 g/mol. The van der Waals surface area contributed by atoms with Crippen LogP contribution in [0, 0.1) is 5.92 Å². The van der Waals surface area contributed by atoms with Crippen LogP contribution < -0.4 is 4.90 Å². The Bertz CT molecular complexity index is 2770. The molecule has 6 aromatic rings. The van der Waals surface area contributed by atoms with Crippen molar-refractivity contribution >= 4 is 27.6 Å². The van der Waals surface area contributed by atoms with Crippen LogP contribution in [0.5, 0.6) is 0 Å². The van der Waals surface area contributed by atoms with E-state index in [1.54, 1.807) is 5.56 Å². The van der Waals surface area contributed by atoms with Crippen LogP contribution in [0.1, 0.15) is 60.3 Å². The van der Waals surface area contributed by atoms with Crippen molar-refractivity contribution in [3.63, 3.8) is 0 Å². The fourth-order valence-electron chi connectivity index (χ4n) is 11.1. The third-order valence-corrected chi connectivity index (χ3v) is 13.2. The topological polar surface area (TPSA) is 3.24 Å². The molecule has 1 heteroatoms. The standard InChI is InChI=1S/C54H41N/c1-5-16-34(17-6-1)48-38-24-13-14-25-39(38)49(35-18-7-2-8-19-35)54-46-31-29-43-41-32-33-47(55(36-20-9-3-10-21-36)37-22-11-4-12-23-37)44-27-15-26-40(50(41)44)42-28-30-45(53(48)54)52(46)51(42)43/h1-3,5-10,13-22,24-29,31-33,40,45,47H,4,11-12,23,30H2. The first-order chi connectivity index (χ1) is 27.3. The Morgan fingerprint density at radius 3 is 1.98 bits per heavy atom. The van der Waals surface area contributed by atoms with Crippen molar-refractivity contribution in [2.24, 2.45) is 5.92 Å². The Kier molecular flexibility index (Phi) is 6.90. The predicted octanol–water partition coefficient (Wildman–Crippen LogP) is 13.9. The van der Waals surface area contributed by atoms with Gasteiger partial charge in [0.15, 0.2) is 0 Å². The van der Waals surface area contributed by atoms with E-state index in [1.807, 2.05) is 0 Å². The van der Waals surface area contributed by atoms with Gasteiger partial charge in [0.25, 0.3) is 0 Å². The number of fused-ring (bicyclic) bond motifs is 6. The van der Waals surface area contributed by atoms with Gasteiger partial charge in [-0.1, -0.05) is 158 Å². The Morgan fingerprint density at radius 1 is 0.545 bits per heavy atom. The summed E-state index contributed by atoms with van der Waals surface area (Å²) in [7, 11) is 0. The average molecular weight is 704 g/mol. The van der Waals surface area contributed by atoms with Gasteiger partial charge in [0.05, 0.1) is 6.04 Å². The molecule has 0 saturated heterocycles. The van der Waals surface area contributed by atoms with E-state index in [4.69, 9.17) is 0 Å². The smallest absolute Gasteiger partial charge is 0.0778 e. The highest BCUT2D eigenvalue weighted by molar-refractivity contribution is 6.16. The summed E-state index contributed by atoms with van der Waals surface area (Å²) < 4.78 is 0. The molecule has 262 valence electrons. The van der Waals surface area contributed by atoms with Crippen molar-refractivity contribution in [1.82, 2.24) is 0 Å². The number of hydrogen-bond acceptors (Lipinski definition) is 1. The lowest BCUT2D eigenvalue weighted by molar-refractivity contribution is 0.660. The fourth-order valence-corrected chi connectivity index (χ4v) is 11.1. The van der Waals surface area contributed by atoms with Crippen molar-refractivity contribution in [3.05, 3.63) is 209 Å². The molecule has 0 radical (unpaired) electrons. The van der Waals surface area contributed by atoms with Crippen LogP contribution in [0.2, 0.25) is 0 Å². The molecule has 55 heavy (non-hydrogen) atoms. The molecule has 0 spiro atoms. The summed E-state index contributed by atoms with van der Waals surface area (Å²) in [5.41, 5.74) is 22.7. The van der Waals surface area contributed by atoms with E-state index in [2.05, 4.69) is 175 Å². The highest BCUT2D eigenvalue weighted by Crippen LogP contribution is 2.63. The molecule has 0 aliphatic heterocycles. The van der Waals surface area contributed by atoms with Gasteiger partial charge in [0.2, 0.25) is 0 Å². The van der Waals surface area contributed by atoms with Crippen LogP contribution in [-0.2, 0) is 0 Å². The summed E-state index contributed by atoms with van der Waals surface area (Å²) in [5, 5.41) is 2.67. The van der Waals surface area contributed by atoms with Gasteiger partial charge in [-0.15, -0.1) is 0 Å². The molecule has 0 heterocycles. The summed E-state index contributed by atoms with van der Waals surface area (Å²) in [6.45, 7) is 0. The first-order valence-corrected chi connectivity index (χ1v) is 20.3. The highest BCUT2D eigenvalue weighted by atomic mass is 15.2. The van der Waals surface area contributed by atoms with Gasteiger partial charge < -0.3 is 4.90 Å². The minimum Gasteiger partial charge on any atom is -0.334 e. The molecule has 0 saturated carbocycles. The minimum atomic E-state index is 0.157. The molecule has 6 aromatic carbocycles. The maximum Gasteiger partial charge on any atom is 0.0778 e. The summed E-state index contributed by atoms with van der Waals surface area (Å²) in [5.74, 6) is 0.535. The Labute approximate surface area is 323 Å². The van der Waals surface area contributed by atoms with Crippen LogP contribution in [-0.4, -0.2) is 6.04 Å². The summed E-state index contributed by atoms with van der Waals surface area (Å²) in [4.78, 5) is 2.64. The predicted molar refractivity (Wildman–Crippen MR) is 231 cm³/mol. The van der Waals surface area contributed by atoms with Crippen molar-refractivity contribution in [1.29, 1.82) is 0 Å². The van der Waals surface area contributed by atoms with Crippen LogP contribution in [0.25, 0.3) is 55.3 Å². The van der Waals surface area contributed by atoms with Gasteiger partial charge in [0, 0.05) is 23.2 Å². The zero-order valence-corrected chi connectivity index (χ0v) is 30.9. The third kappa shape index (κ3) is 4.47. The van der Waals surface area contributed by atoms with Gasteiger partial charge in [-0.2, -0.15) is 0 Å². The van der Waals surface area contributed by atoms with E-state index in [1.165, 1.54) is 107 Å². The van der Waals surface area contributed by atoms with Gasteiger partial charge in [-0.05, 0) is 133 Å². The zero-order valence-electron chi connectivity index (χ0n) is 30.9. The normalized spacial score (nSPS) is 21.0.